The molecule has 31 heavy (non-hydrogen) atoms. The molecule has 7 nitrogen and oxygen atoms in total. The van der Waals surface area contributed by atoms with Crippen LogP contribution in [0.3, 0.4) is 0 Å². The Kier molecular flexibility index (Phi) is 5.78. The van der Waals surface area contributed by atoms with E-state index >= 15 is 0 Å². The highest BCUT2D eigenvalue weighted by atomic mass is 15.2. The molecule has 7 heteroatoms. The molecule has 5 rings (SSSR count). The molecule has 0 aromatic carbocycles. The average Bonchev–Trinajstić information content (AvgIpc) is 3.51. The molecule has 2 aliphatic rings. The van der Waals surface area contributed by atoms with Crippen molar-refractivity contribution in [3.05, 3.63) is 89.6 Å². The van der Waals surface area contributed by atoms with Gasteiger partial charge in [-0.2, -0.15) is 5.10 Å². The molecule has 0 saturated carbocycles. The molecule has 0 bridgehead atoms. The standard InChI is InChI=1S/C24H29N7/c25-14-19-15-29-30-20(19)16-31(21-10-4-8-17-9-5-11-26-22(17)21)23(24-27-12-13-28-24)18-6-2-1-3-7-18/h1-3,5-6,9,11-13,15,18,21,23H,4,7-8,10,14,16,25H2,(H,27,28)(H,29,30). The van der Waals surface area contributed by atoms with E-state index in [1.165, 1.54) is 11.3 Å². The molecule has 160 valence electrons. The summed E-state index contributed by atoms with van der Waals surface area (Å²) in [5.74, 6) is 1.30. The average molecular weight is 416 g/mol. The fourth-order valence-corrected chi connectivity index (χ4v) is 5.02. The van der Waals surface area contributed by atoms with Crippen molar-refractivity contribution in [2.45, 2.75) is 50.9 Å². The van der Waals surface area contributed by atoms with Crippen LogP contribution < -0.4 is 5.73 Å². The lowest BCUT2D eigenvalue weighted by atomic mass is 9.85. The quantitative estimate of drug-likeness (QED) is 0.546. The van der Waals surface area contributed by atoms with Crippen molar-refractivity contribution in [2.24, 2.45) is 11.7 Å². The van der Waals surface area contributed by atoms with Gasteiger partial charge in [-0.25, -0.2) is 4.98 Å². The summed E-state index contributed by atoms with van der Waals surface area (Å²) in [5, 5.41) is 7.47. The van der Waals surface area contributed by atoms with Crippen LogP contribution in [0.5, 0.6) is 0 Å². The van der Waals surface area contributed by atoms with Crippen molar-refractivity contribution in [1.29, 1.82) is 0 Å². The smallest absolute Gasteiger partial charge is 0.124 e. The van der Waals surface area contributed by atoms with Crippen molar-refractivity contribution in [1.82, 2.24) is 30.0 Å². The van der Waals surface area contributed by atoms with Crippen LogP contribution in [0, 0.1) is 5.92 Å². The van der Waals surface area contributed by atoms with Gasteiger partial charge in [-0.3, -0.25) is 15.0 Å². The Bertz CT molecular complexity index is 1050. The third-order valence-corrected chi connectivity index (χ3v) is 6.51. The van der Waals surface area contributed by atoms with Gasteiger partial charge in [0.2, 0.25) is 0 Å². The van der Waals surface area contributed by atoms with Gasteiger partial charge in [0.05, 0.1) is 29.7 Å². The number of fused-ring (bicyclic) bond motifs is 1. The highest BCUT2D eigenvalue weighted by Gasteiger charge is 2.37. The minimum absolute atomic E-state index is 0.0862. The number of pyridine rings is 1. The predicted octanol–water partition coefficient (Wildman–Crippen LogP) is 3.74. The molecule has 4 N–H and O–H groups in total. The third kappa shape index (κ3) is 3.98. The number of nitrogens with zero attached hydrogens (tertiary/aromatic N) is 4. The Labute approximate surface area is 182 Å². The second kappa shape index (κ2) is 8.99. The largest absolute Gasteiger partial charge is 0.347 e. The van der Waals surface area contributed by atoms with Gasteiger partial charge in [0, 0.05) is 43.2 Å². The van der Waals surface area contributed by atoms with Crippen molar-refractivity contribution in [3.63, 3.8) is 0 Å². The molecule has 3 atom stereocenters. The van der Waals surface area contributed by atoms with Crippen LogP contribution in [-0.2, 0) is 19.5 Å². The number of rotatable bonds is 7. The first kappa shape index (κ1) is 19.9. The lowest BCUT2D eigenvalue weighted by Crippen LogP contribution is -2.39. The summed E-state index contributed by atoms with van der Waals surface area (Å²) in [5.41, 5.74) is 10.7. The summed E-state index contributed by atoms with van der Waals surface area (Å²) in [6, 6.07) is 4.56. The van der Waals surface area contributed by atoms with Crippen LogP contribution in [0.15, 0.2) is 61.2 Å². The molecule has 0 aliphatic heterocycles. The normalized spacial score (nSPS) is 21.4. The summed E-state index contributed by atoms with van der Waals surface area (Å²) >= 11 is 0. The highest BCUT2D eigenvalue weighted by Crippen LogP contribution is 2.42. The van der Waals surface area contributed by atoms with Gasteiger partial charge in [0.15, 0.2) is 0 Å². The molecule has 0 saturated heterocycles. The summed E-state index contributed by atoms with van der Waals surface area (Å²) in [6.45, 7) is 1.18. The molecule has 0 spiro atoms. The molecule has 0 amide bonds. The molecule has 0 radical (unpaired) electrons. The van der Waals surface area contributed by atoms with E-state index in [0.717, 1.165) is 42.8 Å². The van der Waals surface area contributed by atoms with Crippen molar-refractivity contribution < 1.29 is 0 Å². The Morgan fingerprint density at radius 2 is 2.19 bits per heavy atom. The Hall–Kier alpha value is -3.03. The van der Waals surface area contributed by atoms with Crippen LogP contribution in [-0.4, -0.2) is 30.0 Å². The number of nitrogens with two attached hydrogens (primary N) is 1. The van der Waals surface area contributed by atoms with Crippen LogP contribution >= 0.6 is 0 Å². The van der Waals surface area contributed by atoms with Crippen molar-refractivity contribution in [2.75, 3.05) is 0 Å². The van der Waals surface area contributed by atoms with E-state index in [4.69, 9.17) is 15.7 Å². The molecular formula is C24H29N7. The van der Waals surface area contributed by atoms with E-state index in [9.17, 15) is 0 Å². The maximum absolute atomic E-state index is 6.01. The number of aryl methyl sites for hydroxylation is 1. The topological polar surface area (TPSA) is 99.5 Å². The van der Waals surface area contributed by atoms with Gasteiger partial charge >= 0.3 is 0 Å². The Balaban J connectivity index is 1.60. The maximum atomic E-state index is 6.01. The zero-order valence-electron chi connectivity index (χ0n) is 17.6. The minimum Gasteiger partial charge on any atom is -0.347 e. The number of allylic oxidation sites excluding steroid dienone is 3. The number of imidazole rings is 1. The molecule has 3 heterocycles. The lowest BCUT2D eigenvalue weighted by Gasteiger charge is -2.42. The molecule has 3 unspecified atom stereocenters. The van der Waals surface area contributed by atoms with Gasteiger partial charge in [0.25, 0.3) is 0 Å². The van der Waals surface area contributed by atoms with Gasteiger partial charge in [0.1, 0.15) is 5.82 Å². The number of hydrogen-bond acceptors (Lipinski definition) is 5. The zero-order chi connectivity index (χ0) is 21.0. The molecule has 0 fully saturated rings. The van der Waals surface area contributed by atoms with E-state index in [1.54, 1.807) is 0 Å². The van der Waals surface area contributed by atoms with E-state index in [2.05, 4.69) is 50.5 Å². The number of aromatic nitrogens is 5. The van der Waals surface area contributed by atoms with Gasteiger partial charge in [-0.15, -0.1) is 0 Å². The second-order valence-corrected chi connectivity index (χ2v) is 8.34. The third-order valence-electron chi connectivity index (χ3n) is 6.51. The first-order valence-corrected chi connectivity index (χ1v) is 11.1. The van der Waals surface area contributed by atoms with Crippen LogP contribution in [0.4, 0.5) is 0 Å². The van der Waals surface area contributed by atoms with Crippen molar-refractivity contribution in [3.8, 4) is 0 Å². The summed E-state index contributed by atoms with van der Waals surface area (Å²) in [6.07, 6.45) is 20.6. The summed E-state index contributed by atoms with van der Waals surface area (Å²) in [7, 11) is 0. The number of H-pyrrole nitrogens is 2. The maximum Gasteiger partial charge on any atom is 0.124 e. The zero-order valence-corrected chi connectivity index (χ0v) is 17.6. The Morgan fingerprint density at radius 3 is 3.00 bits per heavy atom. The first-order chi connectivity index (χ1) is 15.3. The fraction of sp³-hybridized carbons (Fsp3) is 0.375. The number of aromatic amines is 2. The van der Waals surface area contributed by atoms with E-state index < -0.39 is 0 Å². The van der Waals surface area contributed by atoms with Crippen LogP contribution in [0.25, 0.3) is 0 Å². The summed E-state index contributed by atoms with van der Waals surface area (Å²) in [4.78, 5) is 15.5. The fourth-order valence-electron chi connectivity index (χ4n) is 5.02. The second-order valence-electron chi connectivity index (χ2n) is 8.34. The van der Waals surface area contributed by atoms with E-state index in [1.807, 2.05) is 30.9 Å². The van der Waals surface area contributed by atoms with E-state index in [-0.39, 0.29) is 12.1 Å². The summed E-state index contributed by atoms with van der Waals surface area (Å²) < 4.78 is 0. The molecule has 3 aromatic rings. The monoisotopic (exact) mass is 415 g/mol. The van der Waals surface area contributed by atoms with Gasteiger partial charge in [-0.05, 0) is 37.3 Å². The van der Waals surface area contributed by atoms with Crippen LogP contribution in [0.1, 0.15) is 59.7 Å². The predicted molar refractivity (Wildman–Crippen MR) is 120 cm³/mol. The first-order valence-electron chi connectivity index (χ1n) is 11.1. The van der Waals surface area contributed by atoms with Gasteiger partial charge < -0.3 is 10.7 Å². The highest BCUT2D eigenvalue weighted by molar-refractivity contribution is 5.27. The SMILES string of the molecule is NCc1cn[nH]c1CN(C1CCCc2cccnc21)C(c1ncc[nH]1)C1C=CC=CC1. The number of nitrogens with one attached hydrogen (secondary N) is 2. The van der Waals surface area contributed by atoms with Crippen molar-refractivity contribution >= 4 is 0 Å². The molecule has 2 aliphatic carbocycles. The van der Waals surface area contributed by atoms with Crippen LogP contribution in [0.2, 0.25) is 0 Å². The van der Waals surface area contributed by atoms with E-state index in [0.29, 0.717) is 19.0 Å². The lowest BCUT2D eigenvalue weighted by molar-refractivity contribution is 0.0744. The minimum atomic E-state index is 0.0862. The number of hydrogen-bond donors (Lipinski definition) is 3. The molecule has 3 aromatic heterocycles. The molecular weight excluding hydrogens is 386 g/mol. The van der Waals surface area contributed by atoms with Gasteiger partial charge in [-0.1, -0.05) is 30.4 Å². The Morgan fingerprint density at radius 1 is 1.23 bits per heavy atom.